The lowest BCUT2D eigenvalue weighted by Crippen LogP contribution is -2.23. The Morgan fingerprint density at radius 2 is 2.14 bits per heavy atom. The fourth-order valence-corrected chi connectivity index (χ4v) is 3.44. The maximum Gasteiger partial charge on any atom is 0.231 e. The third-order valence-corrected chi connectivity index (χ3v) is 5.02. The minimum Gasteiger partial charge on any atom is -0.454 e. The van der Waals surface area contributed by atoms with E-state index in [-0.39, 0.29) is 12.7 Å². The lowest BCUT2D eigenvalue weighted by Gasteiger charge is -2.06. The molecule has 4 rings (SSSR count). The number of carbonyl (C=O) groups excluding carboxylic acids is 1. The Labute approximate surface area is 165 Å². The van der Waals surface area contributed by atoms with Crippen LogP contribution in [0.15, 0.2) is 47.9 Å². The van der Waals surface area contributed by atoms with Crippen molar-refractivity contribution in [3.05, 3.63) is 48.3 Å². The van der Waals surface area contributed by atoms with Gasteiger partial charge in [0, 0.05) is 36.7 Å². The van der Waals surface area contributed by atoms with E-state index in [0.717, 1.165) is 16.9 Å². The Kier molecular flexibility index (Phi) is 5.29. The fraction of sp³-hybridized carbons (Fsp3) is 0.222. The van der Waals surface area contributed by atoms with Crippen LogP contribution in [-0.2, 0) is 11.3 Å². The van der Waals surface area contributed by atoms with Gasteiger partial charge >= 0.3 is 0 Å². The van der Waals surface area contributed by atoms with Crippen molar-refractivity contribution in [2.45, 2.75) is 18.1 Å². The van der Waals surface area contributed by atoms with Crippen molar-refractivity contribution < 1.29 is 14.3 Å². The van der Waals surface area contributed by atoms with Crippen molar-refractivity contribution in [3.63, 3.8) is 0 Å². The molecule has 10 heteroatoms. The number of carbonyl (C=O) groups is 1. The minimum atomic E-state index is -0.0549. The highest BCUT2D eigenvalue weighted by atomic mass is 32.2. The summed E-state index contributed by atoms with van der Waals surface area (Å²) < 4.78 is 12.0. The zero-order valence-corrected chi connectivity index (χ0v) is 15.7. The summed E-state index contributed by atoms with van der Waals surface area (Å²) in [7, 11) is 0. The predicted octanol–water partition coefficient (Wildman–Crippen LogP) is 1.58. The highest BCUT2D eigenvalue weighted by molar-refractivity contribution is 7.99. The largest absolute Gasteiger partial charge is 0.454 e. The molecule has 0 saturated carbocycles. The van der Waals surface area contributed by atoms with Crippen molar-refractivity contribution in [2.75, 3.05) is 18.4 Å². The van der Waals surface area contributed by atoms with Crippen LogP contribution in [0.4, 0.5) is 0 Å². The van der Waals surface area contributed by atoms with E-state index in [1.54, 1.807) is 18.5 Å². The Balaban J connectivity index is 1.25. The van der Waals surface area contributed by atoms with E-state index < -0.39 is 0 Å². The Morgan fingerprint density at radius 1 is 1.25 bits per heavy atom. The summed E-state index contributed by atoms with van der Waals surface area (Å²) in [4.78, 5) is 16.1. The van der Waals surface area contributed by atoms with Gasteiger partial charge in [0.15, 0.2) is 17.3 Å². The number of nitrogen functional groups attached to an aromatic ring is 1. The lowest BCUT2D eigenvalue weighted by atomic mass is 10.2. The number of amides is 1. The van der Waals surface area contributed by atoms with Crippen LogP contribution >= 0.6 is 11.8 Å². The number of hydrogen-bond donors (Lipinski definition) is 2. The van der Waals surface area contributed by atoms with Gasteiger partial charge in [0.25, 0.3) is 0 Å². The van der Waals surface area contributed by atoms with E-state index in [1.165, 1.54) is 16.4 Å². The zero-order valence-electron chi connectivity index (χ0n) is 14.9. The number of pyridine rings is 1. The second-order valence-corrected chi connectivity index (χ2v) is 7.04. The molecule has 0 bridgehead atoms. The van der Waals surface area contributed by atoms with Crippen LogP contribution in [0.2, 0.25) is 0 Å². The minimum absolute atomic E-state index is 0.0549. The fourth-order valence-electron chi connectivity index (χ4n) is 2.64. The number of nitrogens with one attached hydrogen (secondary N) is 1. The predicted molar refractivity (Wildman–Crippen MR) is 103 cm³/mol. The van der Waals surface area contributed by atoms with Crippen LogP contribution in [0.5, 0.6) is 11.5 Å². The third kappa shape index (κ3) is 4.01. The average molecular weight is 398 g/mol. The molecular formula is C18H18N6O3S. The molecule has 2 aromatic heterocycles. The molecule has 0 spiro atoms. The molecule has 144 valence electrons. The number of ether oxygens (including phenoxy) is 2. The Bertz CT molecular complexity index is 979. The van der Waals surface area contributed by atoms with E-state index >= 15 is 0 Å². The van der Waals surface area contributed by atoms with E-state index in [1.807, 2.05) is 24.3 Å². The van der Waals surface area contributed by atoms with Crippen molar-refractivity contribution in [2.24, 2.45) is 0 Å². The normalized spacial score (nSPS) is 12.1. The smallest absolute Gasteiger partial charge is 0.231 e. The van der Waals surface area contributed by atoms with Crippen molar-refractivity contribution in [1.29, 1.82) is 0 Å². The molecule has 1 aromatic carbocycles. The summed E-state index contributed by atoms with van der Waals surface area (Å²) >= 11 is 1.38. The molecule has 3 aromatic rings. The van der Waals surface area contributed by atoms with Crippen LogP contribution in [0.1, 0.15) is 12.0 Å². The molecule has 1 aliphatic heterocycles. The van der Waals surface area contributed by atoms with Gasteiger partial charge < -0.3 is 20.6 Å². The van der Waals surface area contributed by atoms with E-state index in [4.69, 9.17) is 15.3 Å². The molecule has 9 nitrogen and oxygen atoms in total. The van der Waals surface area contributed by atoms with Crippen molar-refractivity contribution in [3.8, 4) is 22.9 Å². The van der Waals surface area contributed by atoms with Gasteiger partial charge in [-0.1, -0.05) is 17.8 Å². The summed E-state index contributed by atoms with van der Waals surface area (Å²) in [6, 6.07) is 9.28. The molecule has 3 heterocycles. The highest BCUT2D eigenvalue weighted by Gasteiger charge is 2.14. The van der Waals surface area contributed by atoms with Crippen LogP contribution in [0.3, 0.4) is 0 Å². The maximum absolute atomic E-state index is 12.1. The average Bonchev–Trinajstić information content (AvgIpc) is 3.33. The number of aromatic nitrogens is 4. The van der Waals surface area contributed by atoms with E-state index in [9.17, 15) is 4.79 Å². The topological polar surface area (TPSA) is 117 Å². The van der Waals surface area contributed by atoms with Crippen molar-refractivity contribution >= 4 is 17.7 Å². The first kappa shape index (κ1) is 18.1. The van der Waals surface area contributed by atoms with Gasteiger partial charge in [-0.15, -0.1) is 10.2 Å². The SMILES string of the molecule is Nn1c(SCCC(=O)NCc2ccc3c(c2)OCO3)nnc1-c1cccnc1. The number of nitrogens with two attached hydrogens (primary N) is 1. The van der Waals surface area contributed by atoms with E-state index in [2.05, 4.69) is 20.5 Å². The first-order chi connectivity index (χ1) is 13.7. The molecule has 1 amide bonds. The second kappa shape index (κ2) is 8.17. The maximum atomic E-state index is 12.1. The van der Waals surface area contributed by atoms with Gasteiger partial charge in [-0.3, -0.25) is 9.78 Å². The lowest BCUT2D eigenvalue weighted by molar-refractivity contribution is -0.120. The number of rotatable bonds is 7. The number of benzene rings is 1. The number of fused-ring (bicyclic) bond motifs is 1. The standard InChI is InChI=1S/C18H18N6O3S/c19-24-17(13-2-1-6-20-10-13)22-23-18(24)28-7-5-16(25)21-9-12-3-4-14-15(8-12)27-11-26-14/h1-4,6,8,10H,5,7,9,11,19H2,(H,21,25). The summed E-state index contributed by atoms with van der Waals surface area (Å²) in [5, 5.41) is 11.6. The first-order valence-corrected chi connectivity index (χ1v) is 9.58. The molecule has 0 aliphatic carbocycles. The van der Waals surface area contributed by atoms with Crippen LogP contribution in [-0.4, -0.2) is 38.3 Å². The highest BCUT2D eigenvalue weighted by Crippen LogP contribution is 2.32. The first-order valence-electron chi connectivity index (χ1n) is 8.59. The summed E-state index contributed by atoms with van der Waals surface area (Å²) in [5.74, 6) is 8.49. The molecule has 1 aliphatic rings. The molecule has 3 N–H and O–H groups in total. The summed E-state index contributed by atoms with van der Waals surface area (Å²) in [6.07, 6.45) is 3.69. The number of nitrogens with zero attached hydrogens (tertiary/aromatic N) is 4. The van der Waals surface area contributed by atoms with Gasteiger partial charge in [-0.2, -0.15) is 0 Å². The quantitative estimate of drug-likeness (QED) is 0.455. The number of hydrogen-bond acceptors (Lipinski definition) is 8. The van der Waals surface area contributed by atoms with Gasteiger partial charge in [-0.25, -0.2) is 4.68 Å². The van der Waals surface area contributed by atoms with Crippen LogP contribution in [0, 0.1) is 0 Å². The van der Waals surface area contributed by atoms with Crippen LogP contribution in [0.25, 0.3) is 11.4 Å². The molecule has 0 unspecified atom stereocenters. The number of thioether (sulfide) groups is 1. The molecule has 28 heavy (non-hydrogen) atoms. The van der Waals surface area contributed by atoms with Gasteiger partial charge in [-0.05, 0) is 29.8 Å². The molecular weight excluding hydrogens is 380 g/mol. The molecule has 0 atom stereocenters. The van der Waals surface area contributed by atoms with Gasteiger partial charge in [0.1, 0.15) is 0 Å². The Hall–Kier alpha value is -3.27. The van der Waals surface area contributed by atoms with Crippen LogP contribution < -0.4 is 20.6 Å². The summed E-state index contributed by atoms with van der Waals surface area (Å²) in [5.41, 5.74) is 1.74. The third-order valence-electron chi connectivity index (χ3n) is 4.07. The molecule has 0 radical (unpaired) electrons. The Morgan fingerprint density at radius 3 is 3.00 bits per heavy atom. The second-order valence-electron chi connectivity index (χ2n) is 5.98. The van der Waals surface area contributed by atoms with Gasteiger partial charge in [0.2, 0.25) is 17.9 Å². The monoisotopic (exact) mass is 398 g/mol. The summed E-state index contributed by atoms with van der Waals surface area (Å²) in [6.45, 7) is 0.662. The van der Waals surface area contributed by atoms with Gasteiger partial charge in [0.05, 0.1) is 0 Å². The van der Waals surface area contributed by atoms with E-state index in [0.29, 0.717) is 35.4 Å². The molecule has 0 fully saturated rings. The molecule has 0 saturated heterocycles. The zero-order chi connectivity index (χ0) is 19.3. The van der Waals surface area contributed by atoms with Crippen molar-refractivity contribution in [1.82, 2.24) is 25.2 Å².